The maximum absolute atomic E-state index is 10.7. The monoisotopic (exact) mass is 304 g/mol. The van der Waals surface area contributed by atoms with Crippen LogP contribution in [0, 0.1) is 0 Å². The summed E-state index contributed by atoms with van der Waals surface area (Å²) < 4.78 is 62.2. The normalized spacial score (nSPS) is 37.9. The van der Waals surface area contributed by atoms with Gasteiger partial charge in [-0.1, -0.05) is 0 Å². The lowest BCUT2D eigenvalue weighted by atomic mass is 10.1. The molecule has 112 valence electrons. The molecule has 0 aliphatic carbocycles. The lowest BCUT2D eigenvalue weighted by Crippen LogP contribution is -2.34. The lowest BCUT2D eigenvalue weighted by Gasteiger charge is -2.24. The van der Waals surface area contributed by atoms with Crippen molar-refractivity contribution in [1.82, 2.24) is 0 Å². The van der Waals surface area contributed by atoms with Crippen molar-refractivity contribution in [3.63, 3.8) is 0 Å². The Kier molecular flexibility index (Phi) is 3.62. The van der Waals surface area contributed by atoms with Crippen LogP contribution in [0.15, 0.2) is 0 Å². The summed E-state index contributed by atoms with van der Waals surface area (Å²) >= 11 is 0. The van der Waals surface area contributed by atoms with E-state index in [0.717, 1.165) is 12.8 Å². The van der Waals surface area contributed by atoms with E-state index in [1.54, 1.807) is 0 Å². The fourth-order valence-electron chi connectivity index (χ4n) is 3.19. The minimum atomic E-state index is -6.09. The molecule has 3 saturated heterocycles. The lowest BCUT2D eigenvalue weighted by molar-refractivity contribution is -0.322. The van der Waals surface area contributed by atoms with Gasteiger partial charge in [-0.2, -0.15) is 13.2 Å². The Labute approximate surface area is 108 Å². The molecule has 3 aliphatic heterocycles. The van der Waals surface area contributed by atoms with E-state index in [0.29, 0.717) is 12.2 Å². The van der Waals surface area contributed by atoms with Crippen LogP contribution in [0.3, 0.4) is 0 Å². The number of hydrogen-bond donors (Lipinski definition) is 1. The summed E-state index contributed by atoms with van der Waals surface area (Å²) in [5, 5.41) is 10.1. The molecule has 3 aliphatic rings. The van der Waals surface area contributed by atoms with Crippen molar-refractivity contribution in [1.29, 1.82) is 0 Å². The zero-order valence-corrected chi connectivity index (χ0v) is 10.8. The molecule has 3 atom stereocenters. The van der Waals surface area contributed by atoms with Gasteiger partial charge in [0.1, 0.15) is 0 Å². The van der Waals surface area contributed by atoms with E-state index in [4.69, 9.17) is 13.0 Å². The molecule has 0 bridgehead atoms. The van der Waals surface area contributed by atoms with Crippen molar-refractivity contribution >= 4 is 10.1 Å². The van der Waals surface area contributed by atoms with E-state index in [-0.39, 0.29) is 0 Å². The van der Waals surface area contributed by atoms with Crippen LogP contribution < -0.4 is 0 Å². The smallest absolute Gasteiger partial charge is 0.485 e. The summed E-state index contributed by atoms with van der Waals surface area (Å²) in [6.45, 7) is 0. The van der Waals surface area contributed by atoms with Gasteiger partial charge in [-0.05, 0) is 0 Å². The second-order valence-electron chi connectivity index (χ2n) is 5.12. The van der Waals surface area contributed by atoms with Crippen LogP contribution in [0.25, 0.3) is 0 Å². The maximum atomic E-state index is 10.7. The Balaban J connectivity index is 0.000000151. The molecule has 0 aromatic rings. The molecule has 0 amide bonds. The van der Waals surface area contributed by atoms with Crippen LogP contribution in [0.4, 0.5) is 13.2 Å². The molecule has 0 aromatic heterocycles. The van der Waals surface area contributed by atoms with Gasteiger partial charge in [0, 0.05) is 25.7 Å². The van der Waals surface area contributed by atoms with E-state index in [1.165, 1.54) is 25.7 Å². The first-order valence-corrected chi connectivity index (χ1v) is 7.42. The molecule has 0 aromatic carbocycles. The van der Waals surface area contributed by atoms with Crippen molar-refractivity contribution in [3.8, 4) is 0 Å². The molecular formula is C10H15F3O5S. The Morgan fingerprint density at radius 1 is 1.11 bits per heavy atom. The van der Waals surface area contributed by atoms with Gasteiger partial charge < -0.3 is 14.0 Å². The molecule has 1 N–H and O–H groups in total. The average Bonchev–Trinajstić information content (AvgIpc) is 2.83. The fourth-order valence-corrected chi connectivity index (χ4v) is 3.19. The van der Waals surface area contributed by atoms with Crippen molar-refractivity contribution < 1.29 is 35.6 Å². The predicted octanol–water partition coefficient (Wildman–Crippen LogP) is 1.40. The highest BCUT2D eigenvalue weighted by molar-refractivity contribution is 7.86. The molecule has 3 heterocycles. The van der Waals surface area contributed by atoms with E-state index in [9.17, 15) is 18.3 Å². The third-order valence-corrected chi connectivity index (χ3v) is 4.53. The Morgan fingerprint density at radius 2 is 1.47 bits per heavy atom. The summed E-state index contributed by atoms with van der Waals surface area (Å²) in [5.41, 5.74) is -5.65. The minimum Gasteiger partial charge on any atom is -0.741 e. The molecule has 5 nitrogen and oxygen atoms in total. The number of hydrogen-bond acceptors (Lipinski definition) is 4. The largest absolute Gasteiger partial charge is 0.741 e. The molecule has 0 radical (unpaired) electrons. The van der Waals surface area contributed by atoms with Crippen LogP contribution in [-0.2, 0) is 14.5 Å². The zero-order chi connectivity index (χ0) is 14.5. The van der Waals surface area contributed by atoms with Gasteiger partial charge in [-0.15, -0.1) is 0 Å². The van der Waals surface area contributed by atoms with Crippen LogP contribution in [0.1, 0.15) is 38.5 Å². The number of halogens is 3. The molecule has 19 heavy (non-hydrogen) atoms. The molecular weight excluding hydrogens is 289 g/mol. The molecule has 0 saturated carbocycles. The number of aliphatic hydroxyl groups is 1. The van der Waals surface area contributed by atoms with Gasteiger partial charge in [0.25, 0.3) is 5.79 Å². The quantitative estimate of drug-likeness (QED) is 0.417. The second-order valence-corrected chi connectivity index (χ2v) is 6.49. The predicted molar refractivity (Wildman–Crippen MR) is 57.1 cm³/mol. The van der Waals surface area contributed by atoms with Gasteiger partial charge in [0.15, 0.2) is 22.3 Å². The summed E-state index contributed by atoms with van der Waals surface area (Å²) in [4.78, 5) is 0. The van der Waals surface area contributed by atoms with Crippen LogP contribution >= 0.6 is 0 Å². The standard InChI is InChI=1S/C9H15O2.CHF3O3S/c10-9-5-3-7-1-2-8(4-6-9)11(7)9;2-1(3,4)8(5,6)7/h7-8,10H,1-6H2;(H,5,6,7)/q+1;/p-1/t7-,8+,9?;. The first-order chi connectivity index (χ1) is 8.55. The van der Waals surface area contributed by atoms with Crippen LogP contribution in [0.5, 0.6) is 0 Å². The first-order valence-electron chi connectivity index (χ1n) is 6.01. The highest BCUT2D eigenvalue weighted by Gasteiger charge is 2.62. The van der Waals surface area contributed by atoms with E-state index in [2.05, 4.69) is 4.37 Å². The zero-order valence-electron chi connectivity index (χ0n) is 10.0. The van der Waals surface area contributed by atoms with Crippen molar-refractivity contribution in [2.24, 2.45) is 0 Å². The van der Waals surface area contributed by atoms with Crippen molar-refractivity contribution in [3.05, 3.63) is 0 Å². The SMILES string of the molecule is O=S(=O)([O-])C(F)(F)F.OC12CC[C@H]3CC[C@@H](CC1)[O+]32. The third-order valence-electron chi connectivity index (χ3n) is 3.96. The van der Waals surface area contributed by atoms with Gasteiger partial charge in [-0.3, -0.25) is 0 Å². The minimum absolute atomic E-state index is 0.439. The molecule has 1 unspecified atom stereocenters. The van der Waals surface area contributed by atoms with Crippen LogP contribution in [0.2, 0.25) is 0 Å². The molecule has 3 rings (SSSR count). The van der Waals surface area contributed by atoms with Crippen LogP contribution in [-0.4, -0.2) is 41.6 Å². The van der Waals surface area contributed by atoms with Gasteiger partial charge in [0.2, 0.25) is 0 Å². The summed E-state index contributed by atoms with van der Waals surface area (Å²) in [6, 6.07) is 0. The average molecular weight is 304 g/mol. The fraction of sp³-hybridized carbons (Fsp3) is 1.00. The Hall–Kier alpha value is -0.380. The molecule has 3 fully saturated rings. The van der Waals surface area contributed by atoms with Crippen molar-refractivity contribution in [2.75, 3.05) is 0 Å². The van der Waals surface area contributed by atoms with E-state index in [1.807, 2.05) is 0 Å². The summed E-state index contributed by atoms with van der Waals surface area (Å²) in [5.74, 6) is -0.439. The van der Waals surface area contributed by atoms with E-state index < -0.39 is 21.4 Å². The number of rotatable bonds is 0. The number of alkyl halides is 3. The second kappa shape index (κ2) is 4.57. The molecule has 9 heteroatoms. The Morgan fingerprint density at radius 3 is 1.79 bits per heavy atom. The Bertz CT molecular complexity index is 431. The topological polar surface area (TPSA) is 80.1 Å². The van der Waals surface area contributed by atoms with Gasteiger partial charge in [0.05, 0.1) is 12.8 Å². The maximum Gasteiger partial charge on any atom is 0.485 e. The van der Waals surface area contributed by atoms with Crippen molar-refractivity contribution in [2.45, 2.75) is 62.0 Å². The summed E-state index contributed by atoms with van der Waals surface area (Å²) in [7, 11) is -6.09. The molecule has 0 spiro atoms. The first kappa shape index (κ1) is 15.0. The van der Waals surface area contributed by atoms with Gasteiger partial charge in [-0.25, -0.2) is 8.42 Å². The summed E-state index contributed by atoms with van der Waals surface area (Å²) in [6.07, 6.45) is 8.34. The van der Waals surface area contributed by atoms with Gasteiger partial charge >= 0.3 is 5.51 Å². The third kappa shape index (κ3) is 2.74. The highest BCUT2D eigenvalue weighted by Crippen LogP contribution is 2.54. The van der Waals surface area contributed by atoms with E-state index >= 15 is 0 Å². The highest BCUT2D eigenvalue weighted by atomic mass is 32.2.